The van der Waals surface area contributed by atoms with Crippen LogP contribution in [-0.4, -0.2) is 74.0 Å². The highest BCUT2D eigenvalue weighted by Crippen LogP contribution is 2.29. The van der Waals surface area contributed by atoms with Gasteiger partial charge in [-0.15, -0.1) is 0 Å². The molecule has 0 aromatic heterocycles. The van der Waals surface area contributed by atoms with Crippen molar-refractivity contribution >= 4 is 46.5 Å². The zero-order chi connectivity index (χ0) is 28.1. The van der Waals surface area contributed by atoms with E-state index in [4.69, 9.17) is 16.3 Å². The van der Waals surface area contributed by atoms with Gasteiger partial charge in [0.2, 0.25) is 0 Å². The summed E-state index contributed by atoms with van der Waals surface area (Å²) in [4.78, 5) is 45.1. The first-order valence-electron chi connectivity index (χ1n) is 13.4. The molecule has 3 aromatic carbocycles. The Balaban J connectivity index is 1.31. The molecular weight excluding hydrogens is 530 g/mol. The van der Waals surface area contributed by atoms with Crippen LogP contribution in [0.3, 0.4) is 0 Å². The number of halogens is 1. The molecule has 0 radical (unpaired) electrons. The Morgan fingerprint density at radius 1 is 0.775 bits per heavy atom. The third-order valence-electron chi connectivity index (χ3n) is 7.21. The van der Waals surface area contributed by atoms with Crippen molar-refractivity contribution < 1.29 is 19.1 Å². The maximum absolute atomic E-state index is 13.6. The van der Waals surface area contributed by atoms with Crippen LogP contribution in [0.5, 0.6) is 5.75 Å². The van der Waals surface area contributed by atoms with Crippen LogP contribution < -0.4 is 20.3 Å². The molecule has 10 heteroatoms. The second kappa shape index (κ2) is 12.3. The van der Waals surface area contributed by atoms with Crippen molar-refractivity contribution in [1.82, 2.24) is 9.80 Å². The molecule has 40 heavy (non-hydrogen) atoms. The quantitative estimate of drug-likeness (QED) is 0.432. The van der Waals surface area contributed by atoms with Gasteiger partial charge in [-0.25, -0.2) is 4.79 Å². The number of methoxy groups -OCH3 is 1. The Morgan fingerprint density at radius 2 is 1.48 bits per heavy atom. The van der Waals surface area contributed by atoms with Crippen LogP contribution in [0.1, 0.15) is 33.6 Å². The molecule has 0 aliphatic carbocycles. The Labute approximate surface area is 238 Å². The molecule has 4 amide bonds. The number of hydrogen-bond acceptors (Lipinski definition) is 5. The van der Waals surface area contributed by atoms with Crippen molar-refractivity contribution in [2.45, 2.75) is 12.8 Å². The second-order valence-electron chi connectivity index (χ2n) is 9.83. The molecule has 208 valence electrons. The van der Waals surface area contributed by atoms with Crippen LogP contribution in [0.4, 0.5) is 21.9 Å². The summed E-state index contributed by atoms with van der Waals surface area (Å²) in [5.41, 5.74) is 3.03. The van der Waals surface area contributed by atoms with E-state index in [1.54, 1.807) is 66.6 Å². The number of rotatable bonds is 6. The number of amides is 4. The summed E-state index contributed by atoms with van der Waals surface area (Å²) in [5.74, 6) is 0.258. The van der Waals surface area contributed by atoms with Crippen LogP contribution >= 0.6 is 11.6 Å². The molecule has 0 bridgehead atoms. The number of ether oxygens (including phenoxy) is 1. The Kier molecular flexibility index (Phi) is 8.40. The van der Waals surface area contributed by atoms with E-state index in [2.05, 4.69) is 15.5 Å². The summed E-state index contributed by atoms with van der Waals surface area (Å²) in [6.07, 6.45) is 1.96. The largest absolute Gasteiger partial charge is 0.497 e. The number of nitrogens with zero attached hydrogens (tertiary/aromatic N) is 3. The minimum Gasteiger partial charge on any atom is -0.497 e. The lowest BCUT2D eigenvalue weighted by Gasteiger charge is -2.37. The first-order chi connectivity index (χ1) is 19.4. The monoisotopic (exact) mass is 561 g/mol. The highest BCUT2D eigenvalue weighted by Gasteiger charge is 2.28. The molecule has 2 N–H and O–H groups in total. The molecule has 2 aliphatic heterocycles. The van der Waals surface area contributed by atoms with Crippen molar-refractivity contribution in [3.8, 4) is 5.75 Å². The van der Waals surface area contributed by atoms with Gasteiger partial charge in [0.25, 0.3) is 11.8 Å². The summed E-state index contributed by atoms with van der Waals surface area (Å²) in [6, 6.07) is 19.2. The summed E-state index contributed by atoms with van der Waals surface area (Å²) in [5, 5.41) is 6.44. The fraction of sp³-hybridized carbons (Fsp3) is 0.300. The minimum atomic E-state index is -0.286. The summed E-state index contributed by atoms with van der Waals surface area (Å²) >= 11 is 5.94. The standard InChI is InChI=1S/C30H32ClN5O4/c1-40-25-6-4-5-21(19-25)28(37)32-24-11-12-27(26(20-24)29(38)35-13-2-3-14-35)34-15-17-36(18-16-34)30(39)33-23-9-7-22(31)8-10-23/h4-12,19-20H,2-3,13-18H2,1H3,(H,32,37)(H,33,39). The average Bonchev–Trinajstić information content (AvgIpc) is 3.53. The molecule has 0 spiro atoms. The van der Waals surface area contributed by atoms with Gasteiger partial charge in [0.15, 0.2) is 0 Å². The van der Waals surface area contributed by atoms with Crippen LogP contribution in [0.15, 0.2) is 66.7 Å². The van der Waals surface area contributed by atoms with Crippen molar-refractivity contribution in [1.29, 1.82) is 0 Å². The lowest BCUT2D eigenvalue weighted by atomic mass is 10.1. The number of likely N-dealkylation sites (tertiary alicyclic amines) is 1. The smallest absolute Gasteiger partial charge is 0.321 e. The fourth-order valence-corrected chi connectivity index (χ4v) is 5.13. The van der Waals surface area contributed by atoms with Gasteiger partial charge in [-0.05, 0) is 73.5 Å². The molecule has 2 saturated heterocycles. The van der Waals surface area contributed by atoms with Gasteiger partial charge in [0, 0.05) is 66.9 Å². The fourth-order valence-electron chi connectivity index (χ4n) is 5.01. The van der Waals surface area contributed by atoms with Gasteiger partial charge in [0.05, 0.1) is 12.7 Å². The highest BCUT2D eigenvalue weighted by molar-refractivity contribution is 6.30. The van der Waals surface area contributed by atoms with Crippen molar-refractivity contribution in [3.63, 3.8) is 0 Å². The molecule has 9 nitrogen and oxygen atoms in total. The van der Waals surface area contributed by atoms with E-state index in [1.165, 1.54) is 0 Å². The number of piperazine rings is 1. The number of hydrogen-bond donors (Lipinski definition) is 2. The van der Waals surface area contributed by atoms with Gasteiger partial charge in [-0.3, -0.25) is 9.59 Å². The number of carbonyl (C=O) groups is 3. The normalized spacial score (nSPS) is 15.1. The zero-order valence-electron chi connectivity index (χ0n) is 22.4. The minimum absolute atomic E-state index is 0.0482. The topological polar surface area (TPSA) is 94.2 Å². The Bertz CT molecular complexity index is 1380. The van der Waals surface area contributed by atoms with Gasteiger partial charge in [-0.2, -0.15) is 0 Å². The van der Waals surface area contributed by atoms with Gasteiger partial charge in [0.1, 0.15) is 5.75 Å². The molecule has 0 atom stereocenters. The highest BCUT2D eigenvalue weighted by atomic mass is 35.5. The van der Waals surface area contributed by atoms with Crippen LogP contribution in [0.25, 0.3) is 0 Å². The first kappa shape index (κ1) is 27.3. The molecule has 2 aliphatic rings. The van der Waals surface area contributed by atoms with Crippen LogP contribution in [0, 0.1) is 0 Å². The molecule has 0 unspecified atom stereocenters. The third kappa shape index (κ3) is 6.31. The maximum atomic E-state index is 13.6. The van der Waals surface area contributed by atoms with E-state index < -0.39 is 0 Å². The summed E-state index contributed by atoms with van der Waals surface area (Å²) in [7, 11) is 1.55. The molecular formula is C30H32ClN5O4. The Morgan fingerprint density at radius 3 is 2.17 bits per heavy atom. The van der Waals surface area contributed by atoms with Crippen molar-refractivity contribution in [2.75, 3.05) is 61.9 Å². The molecule has 0 saturated carbocycles. The predicted molar refractivity (Wildman–Crippen MR) is 157 cm³/mol. The zero-order valence-corrected chi connectivity index (χ0v) is 23.1. The lowest BCUT2D eigenvalue weighted by Crippen LogP contribution is -2.50. The SMILES string of the molecule is COc1cccc(C(=O)Nc2ccc(N3CCN(C(=O)Nc4ccc(Cl)cc4)CC3)c(C(=O)N3CCCC3)c2)c1. The third-order valence-corrected chi connectivity index (χ3v) is 7.47. The summed E-state index contributed by atoms with van der Waals surface area (Å²) < 4.78 is 5.23. The predicted octanol–water partition coefficient (Wildman–Crippen LogP) is 5.19. The summed E-state index contributed by atoms with van der Waals surface area (Å²) in [6.45, 7) is 3.60. The maximum Gasteiger partial charge on any atom is 0.321 e. The van der Waals surface area contributed by atoms with Gasteiger partial charge in [-0.1, -0.05) is 17.7 Å². The van der Waals surface area contributed by atoms with E-state index in [9.17, 15) is 14.4 Å². The first-order valence-corrected chi connectivity index (χ1v) is 13.7. The van der Waals surface area contributed by atoms with E-state index in [1.807, 2.05) is 17.0 Å². The number of carbonyl (C=O) groups excluding carboxylic acids is 3. The Hall–Kier alpha value is -4.24. The van der Waals surface area contributed by atoms with E-state index in [0.29, 0.717) is 59.5 Å². The molecule has 2 heterocycles. The van der Waals surface area contributed by atoms with Gasteiger partial charge >= 0.3 is 6.03 Å². The number of anilines is 3. The van der Waals surface area contributed by atoms with E-state index in [-0.39, 0.29) is 17.8 Å². The van der Waals surface area contributed by atoms with E-state index >= 15 is 0 Å². The molecule has 2 fully saturated rings. The van der Waals surface area contributed by atoms with Crippen molar-refractivity contribution in [3.05, 3.63) is 82.9 Å². The van der Waals surface area contributed by atoms with Crippen LogP contribution in [0.2, 0.25) is 5.02 Å². The van der Waals surface area contributed by atoms with Gasteiger partial charge < -0.3 is 30.1 Å². The number of urea groups is 1. The molecule has 5 rings (SSSR count). The lowest BCUT2D eigenvalue weighted by molar-refractivity contribution is 0.0792. The molecule has 3 aromatic rings. The number of nitrogens with one attached hydrogen (secondary N) is 2. The van der Waals surface area contributed by atoms with E-state index in [0.717, 1.165) is 31.6 Å². The number of benzene rings is 3. The second-order valence-corrected chi connectivity index (χ2v) is 10.3. The van der Waals surface area contributed by atoms with Crippen molar-refractivity contribution in [2.24, 2.45) is 0 Å². The van der Waals surface area contributed by atoms with Crippen LogP contribution in [-0.2, 0) is 0 Å². The average molecular weight is 562 g/mol.